The molecule has 1 aromatic rings. The minimum atomic E-state index is -0.847. The minimum Gasteiger partial charge on any atom is -0.496 e. The Balaban J connectivity index is 2.43. The van der Waals surface area contributed by atoms with Crippen LogP contribution in [0.3, 0.4) is 0 Å². The molecule has 5 nitrogen and oxygen atoms in total. The number of rotatable bonds is 3. The standard InChI is InChI=1S/C19H22O5/c1-3-6-16-12-15(21)11-14(20)9-4-7-13-8-5-10-17(23-2)18(13)19(22)24-16/h3-5,7-8,10,15-16,21H,1,6,9,11-12H2,2H3/b7-4+/t15-,16+/m0/s1. The first-order chi connectivity index (χ1) is 11.5. The molecule has 24 heavy (non-hydrogen) atoms. The van der Waals surface area contributed by atoms with Gasteiger partial charge in [0, 0.05) is 25.7 Å². The van der Waals surface area contributed by atoms with Crippen molar-refractivity contribution in [1.29, 1.82) is 0 Å². The number of cyclic esters (lactones) is 1. The third-order valence-corrected chi connectivity index (χ3v) is 3.83. The highest BCUT2D eigenvalue weighted by molar-refractivity contribution is 5.97. The highest BCUT2D eigenvalue weighted by Gasteiger charge is 2.24. The molecule has 0 amide bonds. The summed E-state index contributed by atoms with van der Waals surface area (Å²) in [6.45, 7) is 3.65. The number of benzene rings is 1. The highest BCUT2D eigenvalue weighted by Crippen LogP contribution is 2.26. The van der Waals surface area contributed by atoms with Crippen LogP contribution in [0, 0.1) is 0 Å². The van der Waals surface area contributed by atoms with Crippen molar-refractivity contribution in [2.45, 2.75) is 37.9 Å². The topological polar surface area (TPSA) is 72.8 Å². The van der Waals surface area contributed by atoms with Crippen molar-refractivity contribution < 1.29 is 24.2 Å². The smallest absolute Gasteiger partial charge is 0.342 e. The summed E-state index contributed by atoms with van der Waals surface area (Å²) in [5, 5.41) is 10.0. The second kappa shape index (κ2) is 8.45. The lowest BCUT2D eigenvalue weighted by Crippen LogP contribution is -2.26. The molecule has 0 unspecified atom stereocenters. The van der Waals surface area contributed by atoms with E-state index in [2.05, 4.69) is 6.58 Å². The normalized spacial score (nSPS) is 23.2. The number of carbonyl (C=O) groups excluding carboxylic acids is 2. The van der Waals surface area contributed by atoms with Gasteiger partial charge in [-0.05, 0) is 11.6 Å². The molecule has 1 aromatic carbocycles. The molecule has 1 aliphatic heterocycles. The number of methoxy groups -OCH3 is 1. The molecule has 0 radical (unpaired) electrons. The fourth-order valence-corrected chi connectivity index (χ4v) is 2.71. The summed E-state index contributed by atoms with van der Waals surface area (Å²) in [7, 11) is 1.48. The van der Waals surface area contributed by atoms with Gasteiger partial charge < -0.3 is 14.6 Å². The second-order valence-electron chi connectivity index (χ2n) is 5.72. The number of ether oxygens (including phenoxy) is 2. The van der Waals surface area contributed by atoms with Crippen molar-refractivity contribution in [3.05, 3.63) is 48.1 Å². The fraction of sp³-hybridized carbons (Fsp3) is 0.368. The van der Waals surface area contributed by atoms with E-state index in [1.807, 2.05) is 0 Å². The van der Waals surface area contributed by atoms with Crippen LogP contribution < -0.4 is 4.74 Å². The van der Waals surface area contributed by atoms with E-state index in [4.69, 9.17) is 9.47 Å². The summed E-state index contributed by atoms with van der Waals surface area (Å²) in [6, 6.07) is 5.22. The number of allylic oxidation sites excluding steroid dienone is 1. The maximum Gasteiger partial charge on any atom is 0.342 e. The van der Waals surface area contributed by atoms with Crippen LogP contribution in [0.1, 0.15) is 41.6 Å². The first-order valence-electron chi connectivity index (χ1n) is 7.90. The maximum atomic E-state index is 12.6. The highest BCUT2D eigenvalue weighted by atomic mass is 16.5. The molecule has 0 bridgehead atoms. The minimum absolute atomic E-state index is 0.0422. The van der Waals surface area contributed by atoms with E-state index < -0.39 is 18.2 Å². The molecule has 2 rings (SSSR count). The van der Waals surface area contributed by atoms with Crippen LogP contribution in [0.15, 0.2) is 36.9 Å². The molecule has 5 heteroatoms. The molecule has 1 aliphatic rings. The van der Waals surface area contributed by atoms with Crippen molar-refractivity contribution in [2.24, 2.45) is 0 Å². The molecule has 0 spiro atoms. The van der Waals surface area contributed by atoms with E-state index in [1.165, 1.54) is 7.11 Å². The summed E-state index contributed by atoms with van der Waals surface area (Å²) in [6.07, 6.45) is 4.46. The number of aliphatic hydroxyl groups excluding tert-OH is 1. The first kappa shape index (κ1) is 17.9. The van der Waals surface area contributed by atoms with Crippen LogP contribution in [0.4, 0.5) is 0 Å². The summed E-state index contributed by atoms with van der Waals surface area (Å²) in [5.74, 6) is -0.172. The Kier molecular flexibility index (Phi) is 6.32. The third-order valence-electron chi connectivity index (χ3n) is 3.83. The Labute approximate surface area is 141 Å². The van der Waals surface area contributed by atoms with Gasteiger partial charge >= 0.3 is 5.97 Å². The van der Waals surface area contributed by atoms with E-state index in [9.17, 15) is 14.7 Å². The molecule has 0 saturated carbocycles. The van der Waals surface area contributed by atoms with Gasteiger partial charge in [0.05, 0.1) is 13.2 Å². The predicted octanol–water partition coefficient (Wildman–Crippen LogP) is 2.92. The van der Waals surface area contributed by atoms with Crippen molar-refractivity contribution in [2.75, 3.05) is 7.11 Å². The zero-order valence-electron chi connectivity index (χ0n) is 13.7. The average Bonchev–Trinajstić information content (AvgIpc) is 2.53. The van der Waals surface area contributed by atoms with Crippen molar-refractivity contribution in [3.63, 3.8) is 0 Å². The first-order valence-corrected chi connectivity index (χ1v) is 7.90. The number of carbonyl (C=O) groups is 2. The number of hydrogen-bond donors (Lipinski definition) is 1. The summed E-state index contributed by atoms with van der Waals surface area (Å²) >= 11 is 0. The lowest BCUT2D eigenvalue weighted by Gasteiger charge is -2.21. The molecule has 0 saturated heterocycles. The van der Waals surface area contributed by atoms with E-state index in [0.717, 1.165) is 0 Å². The van der Waals surface area contributed by atoms with Gasteiger partial charge in [-0.25, -0.2) is 4.79 Å². The van der Waals surface area contributed by atoms with Gasteiger partial charge in [-0.3, -0.25) is 4.79 Å². The number of hydrogen-bond acceptors (Lipinski definition) is 5. The molecule has 0 aliphatic carbocycles. The summed E-state index contributed by atoms with van der Waals surface area (Å²) in [4.78, 5) is 24.5. The van der Waals surface area contributed by atoms with Crippen molar-refractivity contribution in [3.8, 4) is 5.75 Å². The van der Waals surface area contributed by atoms with Gasteiger partial charge in [-0.2, -0.15) is 0 Å². The second-order valence-corrected chi connectivity index (χ2v) is 5.72. The maximum absolute atomic E-state index is 12.6. The van der Waals surface area contributed by atoms with Crippen LogP contribution >= 0.6 is 0 Å². The number of aliphatic hydroxyl groups is 1. The Bertz CT molecular complexity index is 647. The van der Waals surface area contributed by atoms with Gasteiger partial charge in [0.1, 0.15) is 23.2 Å². The van der Waals surface area contributed by atoms with Gasteiger partial charge in [-0.1, -0.05) is 30.4 Å². The molecule has 2 atom stereocenters. The SMILES string of the molecule is C=CC[C@@H]1C[C@@H](O)CC(=O)C/C=C/c2cccc(OC)c2C(=O)O1. The molecule has 1 N–H and O–H groups in total. The lowest BCUT2D eigenvalue weighted by molar-refractivity contribution is -0.120. The van der Waals surface area contributed by atoms with Crippen LogP contribution in [0.25, 0.3) is 6.08 Å². The Morgan fingerprint density at radius 3 is 2.92 bits per heavy atom. The van der Waals surface area contributed by atoms with Crippen LogP contribution in [-0.4, -0.2) is 36.2 Å². The zero-order valence-corrected chi connectivity index (χ0v) is 13.7. The number of esters is 1. The monoisotopic (exact) mass is 330 g/mol. The molecule has 128 valence electrons. The van der Waals surface area contributed by atoms with Gasteiger partial charge in [0.2, 0.25) is 0 Å². The third kappa shape index (κ3) is 4.55. The quantitative estimate of drug-likeness (QED) is 0.681. The zero-order chi connectivity index (χ0) is 17.5. The molecular weight excluding hydrogens is 308 g/mol. The fourth-order valence-electron chi connectivity index (χ4n) is 2.71. The average molecular weight is 330 g/mol. The van der Waals surface area contributed by atoms with E-state index in [-0.39, 0.29) is 25.0 Å². The molecule has 0 fully saturated rings. The van der Waals surface area contributed by atoms with Crippen LogP contribution in [-0.2, 0) is 9.53 Å². The van der Waals surface area contributed by atoms with Gasteiger partial charge in [0.25, 0.3) is 0 Å². The Morgan fingerprint density at radius 2 is 2.21 bits per heavy atom. The van der Waals surface area contributed by atoms with Gasteiger partial charge in [0.15, 0.2) is 0 Å². The molecule has 0 aromatic heterocycles. The predicted molar refractivity (Wildman–Crippen MR) is 90.9 cm³/mol. The number of fused-ring (bicyclic) bond motifs is 1. The van der Waals surface area contributed by atoms with E-state index in [0.29, 0.717) is 23.3 Å². The van der Waals surface area contributed by atoms with Crippen LogP contribution in [0.5, 0.6) is 5.75 Å². The molecular formula is C19H22O5. The van der Waals surface area contributed by atoms with Crippen molar-refractivity contribution in [1.82, 2.24) is 0 Å². The van der Waals surface area contributed by atoms with Crippen LogP contribution in [0.2, 0.25) is 0 Å². The van der Waals surface area contributed by atoms with E-state index in [1.54, 1.807) is 36.4 Å². The largest absolute Gasteiger partial charge is 0.496 e. The molecule has 1 heterocycles. The lowest BCUT2D eigenvalue weighted by atomic mass is 10.0. The number of ketones is 1. The van der Waals surface area contributed by atoms with Crippen molar-refractivity contribution >= 4 is 17.8 Å². The van der Waals surface area contributed by atoms with E-state index >= 15 is 0 Å². The Morgan fingerprint density at radius 1 is 1.42 bits per heavy atom. The number of Topliss-reactive ketones (excluding diaryl/α,β-unsaturated/α-hetero) is 1. The summed E-state index contributed by atoms with van der Waals surface area (Å²) < 4.78 is 10.8. The van der Waals surface area contributed by atoms with Gasteiger partial charge in [-0.15, -0.1) is 6.58 Å². The summed E-state index contributed by atoms with van der Waals surface area (Å²) in [5.41, 5.74) is 0.943. The Hall–Kier alpha value is -2.40.